The summed E-state index contributed by atoms with van der Waals surface area (Å²) in [5.41, 5.74) is 1.91. The number of amides is 2. The highest BCUT2D eigenvalue weighted by Crippen LogP contribution is 2.20. The van der Waals surface area contributed by atoms with Gasteiger partial charge in [0, 0.05) is 28.7 Å². The molecule has 5 nitrogen and oxygen atoms in total. The van der Waals surface area contributed by atoms with Crippen molar-refractivity contribution < 1.29 is 9.59 Å². The number of aryl methyl sites for hydroxylation is 1. The van der Waals surface area contributed by atoms with Crippen LogP contribution in [0.5, 0.6) is 0 Å². The fourth-order valence-electron chi connectivity index (χ4n) is 2.04. The number of rotatable bonds is 5. The molecule has 1 heterocycles. The lowest BCUT2D eigenvalue weighted by molar-refractivity contribution is -0.111. The highest BCUT2D eigenvalue weighted by molar-refractivity contribution is 7.09. The van der Waals surface area contributed by atoms with Crippen LogP contribution in [0.3, 0.4) is 0 Å². The molecule has 118 valence electrons. The molecule has 0 radical (unpaired) electrons. The number of hydrogen-bond donors (Lipinski definition) is 2. The Hall–Kier alpha value is -2.47. The molecular formula is C17H17N3O2S. The lowest BCUT2D eigenvalue weighted by Crippen LogP contribution is -2.25. The van der Waals surface area contributed by atoms with Gasteiger partial charge < -0.3 is 10.6 Å². The Morgan fingerprint density at radius 3 is 2.87 bits per heavy atom. The highest BCUT2D eigenvalue weighted by Gasteiger charge is 2.23. The van der Waals surface area contributed by atoms with Crippen molar-refractivity contribution in [3.05, 3.63) is 52.0 Å². The average Bonchev–Trinajstić information content (AvgIpc) is 3.25. The molecule has 23 heavy (non-hydrogen) atoms. The quantitative estimate of drug-likeness (QED) is 0.829. The summed E-state index contributed by atoms with van der Waals surface area (Å²) in [5.74, 6) is -0.354. The van der Waals surface area contributed by atoms with E-state index < -0.39 is 0 Å². The van der Waals surface area contributed by atoms with E-state index in [4.69, 9.17) is 0 Å². The molecule has 3 rings (SSSR count). The molecule has 2 amide bonds. The zero-order chi connectivity index (χ0) is 16.2. The van der Waals surface area contributed by atoms with Crippen molar-refractivity contribution >= 4 is 34.9 Å². The molecule has 2 aromatic rings. The second-order valence-electron chi connectivity index (χ2n) is 5.44. The van der Waals surface area contributed by atoms with E-state index in [0.717, 1.165) is 23.5 Å². The molecular weight excluding hydrogens is 310 g/mol. The third kappa shape index (κ3) is 4.50. The van der Waals surface area contributed by atoms with Crippen LogP contribution in [0.2, 0.25) is 0 Å². The van der Waals surface area contributed by atoms with Gasteiger partial charge in [0.25, 0.3) is 5.91 Å². The molecule has 1 aromatic heterocycles. The summed E-state index contributed by atoms with van der Waals surface area (Å²) in [7, 11) is 0. The Morgan fingerprint density at radius 1 is 1.35 bits per heavy atom. The van der Waals surface area contributed by atoms with Gasteiger partial charge >= 0.3 is 0 Å². The van der Waals surface area contributed by atoms with Gasteiger partial charge in [-0.1, -0.05) is 6.07 Å². The summed E-state index contributed by atoms with van der Waals surface area (Å²) in [4.78, 5) is 28.2. The molecule has 0 aliphatic heterocycles. The van der Waals surface area contributed by atoms with Gasteiger partial charge in [-0.05, 0) is 44.0 Å². The number of aromatic nitrogens is 1. The molecule has 0 atom stereocenters. The van der Waals surface area contributed by atoms with Crippen molar-refractivity contribution in [3.63, 3.8) is 0 Å². The van der Waals surface area contributed by atoms with Gasteiger partial charge in [-0.3, -0.25) is 9.59 Å². The minimum absolute atomic E-state index is 0.0999. The lowest BCUT2D eigenvalue weighted by Gasteiger charge is -2.06. The van der Waals surface area contributed by atoms with E-state index in [1.54, 1.807) is 30.3 Å². The fraction of sp³-hybridized carbons (Fsp3) is 0.235. The summed E-state index contributed by atoms with van der Waals surface area (Å²) >= 11 is 1.54. The molecule has 1 aliphatic rings. The third-order valence-corrected chi connectivity index (χ3v) is 4.14. The monoisotopic (exact) mass is 327 g/mol. The van der Waals surface area contributed by atoms with Crippen molar-refractivity contribution in [1.82, 2.24) is 10.3 Å². The van der Waals surface area contributed by atoms with Crippen LogP contribution in [0, 0.1) is 6.92 Å². The molecule has 0 saturated heterocycles. The van der Waals surface area contributed by atoms with Crippen molar-refractivity contribution in [3.8, 4) is 0 Å². The zero-order valence-electron chi connectivity index (χ0n) is 12.7. The number of carbonyl (C=O) groups excluding carboxylic acids is 2. The summed E-state index contributed by atoms with van der Waals surface area (Å²) in [6.07, 6.45) is 5.19. The minimum Gasteiger partial charge on any atom is -0.349 e. The first-order valence-electron chi connectivity index (χ1n) is 7.42. The van der Waals surface area contributed by atoms with Gasteiger partial charge in [0.05, 0.1) is 10.7 Å². The molecule has 1 aliphatic carbocycles. The van der Waals surface area contributed by atoms with Crippen LogP contribution in [-0.4, -0.2) is 22.8 Å². The van der Waals surface area contributed by atoms with E-state index in [0.29, 0.717) is 17.3 Å². The molecule has 0 bridgehead atoms. The first kappa shape index (κ1) is 15.4. The van der Waals surface area contributed by atoms with Crippen LogP contribution in [-0.2, 0) is 4.79 Å². The predicted molar refractivity (Wildman–Crippen MR) is 91.4 cm³/mol. The van der Waals surface area contributed by atoms with Crippen molar-refractivity contribution in [2.45, 2.75) is 25.8 Å². The Balaban J connectivity index is 1.61. The lowest BCUT2D eigenvalue weighted by atomic mass is 10.2. The van der Waals surface area contributed by atoms with Gasteiger partial charge in [-0.25, -0.2) is 4.98 Å². The number of thiazole rings is 1. The summed E-state index contributed by atoms with van der Waals surface area (Å²) in [6, 6.07) is 7.24. The van der Waals surface area contributed by atoms with Crippen LogP contribution in [0.4, 0.5) is 5.69 Å². The normalized spacial score (nSPS) is 14.0. The Labute approximate surface area is 138 Å². The van der Waals surface area contributed by atoms with E-state index in [2.05, 4.69) is 15.6 Å². The van der Waals surface area contributed by atoms with Gasteiger partial charge in [-0.2, -0.15) is 0 Å². The van der Waals surface area contributed by atoms with E-state index >= 15 is 0 Å². The number of hydrogen-bond acceptors (Lipinski definition) is 4. The third-order valence-electron chi connectivity index (χ3n) is 3.35. The van der Waals surface area contributed by atoms with E-state index in [9.17, 15) is 9.59 Å². The van der Waals surface area contributed by atoms with Gasteiger partial charge in [0.15, 0.2) is 0 Å². The van der Waals surface area contributed by atoms with Crippen LogP contribution < -0.4 is 10.6 Å². The first-order valence-corrected chi connectivity index (χ1v) is 8.30. The minimum atomic E-state index is -0.254. The van der Waals surface area contributed by atoms with E-state index in [1.165, 1.54) is 17.4 Å². The van der Waals surface area contributed by atoms with E-state index in [-0.39, 0.29) is 11.8 Å². The maximum absolute atomic E-state index is 12.0. The van der Waals surface area contributed by atoms with Crippen molar-refractivity contribution in [1.29, 1.82) is 0 Å². The van der Waals surface area contributed by atoms with Crippen molar-refractivity contribution in [2.24, 2.45) is 0 Å². The Bertz CT molecular complexity index is 763. The van der Waals surface area contributed by atoms with Crippen LogP contribution in [0.1, 0.15) is 33.9 Å². The molecule has 1 fully saturated rings. The standard InChI is InChI=1S/C17H17N3O2S/c1-11-18-15(10-23-11)7-8-16(21)19-14-4-2-3-12(9-14)17(22)20-13-5-6-13/h2-4,7-10,13H,5-6H2,1H3,(H,19,21)(H,20,22)/b8-7+. The molecule has 1 saturated carbocycles. The summed E-state index contributed by atoms with van der Waals surface area (Å²) in [5, 5.41) is 8.53. The zero-order valence-corrected chi connectivity index (χ0v) is 13.5. The number of nitrogens with one attached hydrogen (secondary N) is 2. The maximum Gasteiger partial charge on any atom is 0.251 e. The molecule has 0 spiro atoms. The average molecular weight is 327 g/mol. The predicted octanol–water partition coefficient (Wildman–Crippen LogP) is 3.00. The smallest absolute Gasteiger partial charge is 0.251 e. The Kier molecular flexibility index (Phi) is 4.52. The molecule has 6 heteroatoms. The van der Waals surface area contributed by atoms with Crippen LogP contribution in [0.15, 0.2) is 35.7 Å². The Morgan fingerprint density at radius 2 is 2.17 bits per heavy atom. The number of nitrogens with zero attached hydrogens (tertiary/aromatic N) is 1. The van der Waals surface area contributed by atoms with Crippen molar-refractivity contribution in [2.75, 3.05) is 5.32 Å². The number of carbonyl (C=O) groups is 2. The highest BCUT2D eigenvalue weighted by atomic mass is 32.1. The molecule has 2 N–H and O–H groups in total. The summed E-state index contributed by atoms with van der Waals surface area (Å²) in [6.45, 7) is 1.92. The van der Waals surface area contributed by atoms with Crippen LogP contribution >= 0.6 is 11.3 Å². The fourth-order valence-corrected chi connectivity index (χ4v) is 2.62. The first-order chi connectivity index (χ1) is 11.1. The molecule has 0 unspecified atom stereocenters. The largest absolute Gasteiger partial charge is 0.349 e. The van der Waals surface area contributed by atoms with Crippen LogP contribution in [0.25, 0.3) is 6.08 Å². The number of benzene rings is 1. The van der Waals surface area contributed by atoms with Gasteiger partial charge in [0.2, 0.25) is 5.91 Å². The maximum atomic E-state index is 12.0. The second-order valence-corrected chi connectivity index (χ2v) is 6.50. The topological polar surface area (TPSA) is 71.1 Å². The van der Waals surface area contributed by atoms with Gasteiger partial charge in [0.1, 0.15) is 0 Å². The number of anilines is 1. The summed E-state index contributed by atoms with van der Waals surface area (Å²) < 4.78 is 0. The second kappa shape index (κ2) is 6.75. The van der Waals surface area contributed by atoms with E-state index in [1.807, 2.05) is 12.3 Å². The molecule has 1 aromatic carbocycles. The SMILES string of the molecule is Cc1nc(/C=C/C(=O)Nc2cccc(C(=O)NC3CC3)c2)cs1. The van der Waals surface area contributed by atoms with Gasteiger partial charge in [-0.15, -0.1) is 11.3 Å².